The molecule has 1 aliphatic heterocycles. The zero-order valence-electron chi connectivity index (χ0n) is 21.4. The van der Waals surface area contributed by atoms with Gasteiger partial charge in [0.2, 0.25) is 0 Å². The average Bonchev–Trinajstić information content (AvgIpc) is 3.67. The van der Waals surface area contributed by atoms with Crippen LogP contribution in [0.2, 0.25) is 0 Å². The first-order valence-electron chi connectivity index (χ1n) is 13.0. The number of nitrogens with one attached hydrogen (secondary N) is 2. The minimum Gasteiger partial charge on any atom is -0.379 e. The molecular formula is C29H34FN5OS. The van der Waals surface area contributed by atoms with Crippen molar-refractivity contribution in [2.45, 2.75) is 69.0 Å². The topological polar surface area (TPSA) is 82.2 Å². The maximum atomic E-state index is 14.5. The van der Waals surface area contributed by atoms with E-state index in [9.17, 15) is 8.60 Å². The monoisotopic (exact) mass is 519 g/mol. The van der Waals surface area contributed by atoms with Crippen LogP contribution < -0.4 is 10.0 Å². The number of hydrogen-bond acceptors (Lipinski definition) is 4. The standard InChI is InChI=1S/C29H34FN5OS/c1-20(8-9-21-6-4-3-5-7-21)27-15-13-25-28(18-32-24-12-14-26(30)22(16-24)17-31)35(2)19-29(25)37(36,34-27)33-23-10-11-23/h3-7,12,14,16,19-20,23,27,32H,8-11,13,15,18H2,1-2H3,(H,33,34,36)/t20?,27-,37?/m1/s1. The number of halogens is 1. The van der Waals surface area contributed by atoms with Crippen molar-refractivity contribution in [2.24, 2.45) is 17.3 Å². The fraction of sp³-hybridized carbons (Fsp3) is 0.414. The highest BCUT2D eigenvalue weighted by atomic mass is 32.2. The lowest BCUT2D eigenvalue weighted by Crippen LogP contribution is -2.38. The van der Waals surface area contributed by atoms with Crippen LogP contribution >= 0.6 is 0 Å². The normalized spacial score (nSPS) is 21.9. The third kappa shape index (κ3) is 5.73. The Morgan fingerprint density at radius 2 is 2.03 bits per heavy atom. The van der Waals surface area contributed by atoms with E-state index < -0.39 is 15.7 Å². The highest BCUT2D eigenvalue weighted by Crippen LogP contribution is 2.34. The first kappa shape index (κ1) is 25.5. The van der Waals surface area contributed by atoms with Gasteiger partial charge in [-0.25, -0.2) is 17.7 Å². The Labute approximate surface area is 219 Å². The number of aryl methyl sites for hydroxylation is 2. The summed E-state index contributed by atoms with van der Waals surface area (Å²) in [4.78, 5) is 0.799. The van der Waals surface area contributed by atoms with Crippen LogP contribution in [-0.4, -0.2) is 20.9 Å². The van der Waals surface area contributed by atoms with E-state index in [0.717, 1.165) is 54.7 Å². The molecular weight excluding hydrogens is 485 g/mol. The second kappa shape index (κ2) is 10.7. The molecule has 3 aromatic rings. The van der Waals surface area contributed by atoms with Gasteiger partial charge in [0.25, 0.3) is 0 Å². The molecule has 8 heteroatoms. The predicted octanol–water partition coefficient (Wildman–Crippen LogP) is 5.73. The van der Waals surface area contributed by atoms with Crippen LogP contribution in [0.4, 0.5) is 10.1 Å². The largest absolute Gasteiger partial charge is 0.379 e. The van der Waals surface area contributed by atoms with Gasteiger partial charge in [-0.05, 0) is 73.8 Å². The molecule has 2 aliphatic rings. The maximum Gasteiger partial charge on any atom is 0.141 e. The van der Waals surface area contributed by atoms with E-state index in [-0.39, 0.29) is 17.6 Å². The highest BCUT2D eigenvalue weighted by molar-refractivity contribution is 7.91. The van der Waals surface area contributed by atoms with Crippen molar-refractivity contribution in [3.63, 3.8) is 0 Å². The molecule has 6 nitrogen and oxygen atoms in total. The zero-order chi connectivity index (χ0) is 26.0. The minimum absolute atomic E-state index is 0.0125. The van der Waals surface area contributed by atoms with E-state index in [4.69, 9.17) is 9.62 Å². The fourth-order valence-electron chi connectivity index (χ4n) is 5.08. The average molecular weight is 520 g/mol. The first-order chi connectivity index (χ1) is 17.9. The Morgan fingerprint density at radius 3 is 2.76 bits per heavy atom. The van der Waals surface area contributed by atoms with E-state index in [1.54, 1.807) is 6.07 Å². The second-order valence-electron chi connectivity index (χ2n) is 10.3. The first-order valence-corrected chi connectivity index (χ1v) is 14.6. The minimum atomic E-state index is -2.77. The van der Waals surface area contributed by atoms with Gasteiger partial charge in [0.15, 0.2) is 0 Å². The fourth-order valence-corrected chi connectivity index (χ4v) is 7.62. The number of anilines is 1. The molecule has 2 heterocycles. The molecule has 1 fully saturated rings. The molecule has 0 radical (unpaired) electrons. The predicted molar refractivity (Wildman–Crippen MR) is 145 cm³/mol. The summed E-state index contributed by atoms with van der Waals surface area (Å²) in [6.07, 6.45) is 7.66. The van der Waals surface area contributed by atoms with Crippen LogP contribution in [0.1, 0.15) is 55.0 Å². The van der Waals surface area contributed by atoms with Crippen LogP contribution in [0.3, 0.4) is 0 Å². The Bertz CT molecular complexity index is 1430. The lowest BCUT2D eigenvalue weighted by Gasteiger charge is -2.25. The molecule has 2 N–H and O–H groups in total. The van der Waals surface area contributed by atoms with Gasteiger partial charge in [0.05, 0.1) is 23.0 Å². The van der Waals surface area contributed by atoms with E-state index in [1.165, 1.54) is 17.7 Å². The van der Waals surface area contributed by atoms with Gasteiger partial charge in [-0.2, -0.15) is 5.26 Å². The number of fused-ring (bicyclic) bond motifs is 1. The van der Waals surface area contributed by atoms with Crippen molar-refractivity contribution in [3.8, 4) is 6.07 Å². The molecule has 2 aromatic carbocycles. The number of hydrogen-bond donors (Lipinski definition) is 2. The molecule has 1 aliphatic carbocycles. The zero-order valence-corrected chi connectivity index (χ0v) is 22.2. The Hall–Kier alpha value is -3.15. The van der Waals surface area contributed by atoms with Crippen molar-refractivity contribution in [1.82, 2.24) is 9.29 Å². The van der Waals surface area contributed by atoms with Gasteiger partial charge in [0.1, 0.15) is 21.8 Å². The molecule has 1 aromatic heterocycles. The van der Waals surface area contributed by atoms with Crippen molar-refractivity contribution in [3.05, 3.63) is 82.9 Å². The van der Waals surface area contributed by atoms with Crippen LogP contribution in [0, 0.1) is 23.1 Å². The van der Waals surface area contributed by atoms with Gasteiger partial charge in [-0.3, -0.25) is 0 Å². The van der Waals surface area contributed by atoms with Gasteiger partial charge >= 0.3 is 0 Å². The smallest absolute Gasteiger partial charge is 0.141 e. The van der Waals surface area contributed by atoms with E-state index in [2.05, 4.69) is 41.2 Å². The third-order valence-electron chi connectivity index (χ3n) is 7.51. The van der Waals surface area contributed by atoms with Gasteiger partial charge < -0.3 is 9.88 Å². The lowest BCUT2D eigenvalue weighted by molar-refractivity contribution is 0.385. The lowest BCUT2D eigenvalue weighted by atomic mass is 9.91. The molecule has 1 saturated carbocycles. The molecule has 194 valence electrons. The summed E-state index contributed by atoms with van der Waals surface area (Å²) in [5.41, 5.74) is 4.13. The molecule has 37 heavy (non-hydrogen) atoms. The van der Waals surface area contributed by atoms with Crippen LogP contribution in [0.5, 0.6) is 0 Å². The Morgan fingerprint density at radius 1 is 1.24 bits per heavy atom. The summed E-state index contributed by atoms with van der Waals surface area (Å²) in [5, 5.41) is 12.5. The summed E-state index contributed by atoms with van der Waals surface area (Å²) < 4.78 is 38.6. The highest BCUT2D eigenvalue weighted by Gasteiger charge is 2.34. The Kier molecular flexibility index (Phi) is 7.36. The van der Waals surface area contributed by atoms with Crippen LogP contribution in [0.15, 0.2) is 64.0 Å². The molecule has 3 atom stereocenters. The van der Waals surface area contributed by atoms with E-state index >= 15 is 0 Å². The maximum absolute atomic E-state index is 14.5. The molecule has 0 spiro atoms. The van der Waals surface area contributed by atoms with Crippen molar-refractivity contribution >= 4 is 15.6 Å². The summed E-state index contributed by atoms with van der Waals surface area (Å²) in [6, 6.07) is 17.1. The van der Waals surface area contributed by atoms with Crippen LogP contribution in [-0.2, 0) is 36.3 Å². The van der Waals surface area contributed by atoms with E-state index in [1.807, 2.05) is 29.9 Å². The SMILES string of the molecule is CC(CCc1ccccc1)[C@H]1CCc2c(cn(C)c2CNc2ccc(F)c(C#N)c2)S(=O)(=NC2CC2)N1. The van der Waals surface area contributed by atoms with Crippen molar-refractivity contribution in [2.75, 3.05) is 5.32 Å². The number of rotatable bonds is 8. The number of nitriles is 1. The molecule has 5 rings (SSSR count). The molecule has 0 bridgehead atoms. The van der Waals surface area contributed by atoms with Gasteiger partial charge in [0, 0.05) is 30.7 Å². The van der Waals surface area contributed by atoms with Gasteiger partial charge in [-0.15, -0.1) is 0 Å². The van der Waals surface area contributed by atoms with Gasteiger partial charge in [-0.1, -0.05) is 37.3 Å². The summed E-state index contributed by atoms with van der Waals surface area (Å²) >= 11 is 0. The molecule has 0 amide bonds. The number of benzene rings is 2. The van der Waals surface area contributed by atoms with Crippen molar-refractivity contribution in [1.29, 1.82) is 5.26 Å². The molecule has 0 saturated heterocycles. The quantitative estimate of drug-likeness (QED) is 0.399. The van der Waals surface area contributed by atoms with E-state index in [0.29, 0.717) is 18.2 Å². The summed E-state index contributed by atoms with van der Waals surface area (Å²) in [5.74, 6) is -0.181. The summed E-state index contributed by atoms with van der Waals surface area (Å²) in [7, 11) is -0.801. The second-order valence-corrected chi connectivity index (χ2v) is 12.3. The summed E-state index contributed by atoms with van der Waals surface area (Å²) in [6.45, 7) is 2.73. The van der Waals surface area contributed by atoms with Crippen molar-refractivity contribution < 1.29 is 8.60 Å². The molecule has 2 unspecified atom stereocenters. The third-order valence-corrected chi connectivity index (χ3v) is 9.67. The van der Waals surface area contributed by atoms with Crippen LogP contribution in [0.25, 0.3) is 0 Å². The number of nitrogens with zero attached hydrogens (tertiary/aromatic N) is 3. The number of aromatic nitrogens is 1. The Balaban J connectivity index is 1.39.